The van der Waals surface area contributed by atoms with E-state index in [0.29, 0.717) is 0 Å². The molecule has 0 unspecified atom stereocenters. The lowest BCUT2D eigenvalue weighted by atomic mass is 10.0. The lowest BCUT2D eigenvalue weighted by Gasteiger charge is -2.08. The van der Waals surface area contributed by atoms with Gasteiger partial charge in [-0.25, -0.2) is 4.79 Å². The fraction of sp³-hybridized carbons (Fsp3) is 0.0588. The maximum atomic E-state index is 11.5. The van der Waals surface area contributed by atoms with Crippen LogP contribution >= 0.6 is 0 Å². The molecule has 22 heavy (non-hydrogen) atoms. The molecule has 0 atom stereocenters. The van der Waals surface area contributed by atoms with E-state index in [2.05, 4.69) is 5.23 Å². The number of carbonyl (C=O) groups excluding carboxylic acids is 1. The van der Waals surface area contributed by atoms with E-state index in [0.717, 1.165) is 16.7 Å². The van der Waals surface area contributed by atoms with Crippen LogP contribution in [-0.2, 0) is 4.79 Å². The largest absolute Gasteiger partial charge is 0.475 e. The predicted octanol–water partition coefficient (Wildman–Crippen LogP) is 2.93. The number of benzene rings is 2. The normalized spacial score (nSPS) is 10.6. The number of carboxylic acids is 1. The summed E-state index contributed by atoms with van der Waals surface area (Å²) >= 11 is 0. The molecule has 0 fully saturated rings. The minimum atomic E-state index is -1.51. The number of hydrogen-bond donors (Lipinski definition) is 2. The summed E-state index contributed by atoms with van der Waals surface area (Å²) in [4.78, 5) is 22.3. The molecule has 2 radical (unpaired) electrons. The van der Waals surface area contributed by atoms with Gasteiger partial charge in [0.25, 0.3) is 5.78 Å². The molecule has 2 aromatic rings. The van der Waals surface area contributed by atoms with Gasteiger partial charge in [0.2, 0.25) is 7.98 Å². The van der Waals surface area contributed by atoms with Crippen LogP contribution in [-0.4, -0.2) is 24.8 Å². The summed E-state index contributed by atoms with van der Waals surface area (Å²) in [5.74, 6) is -2.51. The molecule has 4 nitrogen and oxygen atoms in total. The Balaban J connectivity index is 2.32. The number of aliphatic carboxylic acids is 1. The Morgan fingerprint density at radius 3 is 2.50 bits per heavy atom. The summed E-state index contributed by atoms with van der Waals surface area (Å²) in [7, 11) is 5.37. The third-order valence-electron chi connectivity index (χ3n) is 3.28. The molecule has 0 aliphatic heterocycles. The van der Waals surface area contributed by atoms with E-state index < -0.39 is 11.8 Å². The van der Waals surface area contributed by atoms with E-state index in [1.165, 1.54) is 6.07 Å². The molecule has 0 saturated carbocycles. The highest BCUT2D eigenvalue weighted by atomic mass is 16.4. The van der Waals surface area contributed by atoms with Gasteiger partial charge in [-0.2, -0.15) is 0 Å². The van der Waals surface area contributed by atoms with Crippen LogP contribution in [0, 0.1) is 6.92 Å². The van der Waals surface area contributed by atoms with Crippen molar-refractivity contribution in [1.82, 2.24) is 0 Å². The third-order valence-corrected chi connectivity index (χ3v) is 3.28. The van der Waals surface area contributed by atoms with Crippen LogP contribution in [0.15, 0.2) is 42.5 Å². The lowest BCUT2D eigenvalue weighted by Crippen LogP contribution is -2.14. The number of rotatable bonds is 5. The molecule has 0 heterocycles. The molecular weight excluding hydrogens is 277 g/mol. The second kappa shape index (κ2) is 6.76. The Morgan fingerprint density at radius 1 is 1.14 bits per heavy atom. The number of anilines is 1. The Kier molecular flexibility index (Phi) is 4.78. The summed E-state index contributed by atoms with van der Waals surface area (Å²) in [5.41, 5.74) is 3.34. The van der Waals surface area contributed by atoms with Crippen molar-refractivity contribution in [3.8, 4) is 0 Å². The summed E-state index contributed by atoms with van der Waals surface area (Å²) in [6.45, 7) is 2.02. The highest BCUT2D eigenvalue weighted by molar-refractivity contribution is 6.41. The predicted molar refractivity (Wildman–Crippen MR) is 87.9 cm³/mol. The first-order chi connectivity index (χ1) is 10.5. The van der Waals surface area contributed by atoms with Crippen LogP contribution in [0.2, 0.25) is 0 Å². The van der Waals surface area contributed by atoms with Crippen molar-refractivity contribution in [3.63, 3.8) is 0 Å². The molecule has 108 valence electrons. The van der Waals surface area contributed by atoms with Gasteiger partial charge in [-0.3, -0.25) is 4.79 Å². The topological polar surface area (TPSA) is 66.4 Å². The fourth-order valence-electron chi connectivity index (χ4n) is 2.06. The van der Waals surface area contributed by atoms with Crippen LogP contribution in [0.1, 0.15) is 27.0 Å². The maximum Gasteiger partial charge on any atom is 0.377 e. The van der Waals surface area contributed by atoms with Crippen molar-refractivity contribution in [2.75, 3.05) is 5.23 Å². The summed E-state index contributed by atoms with van der Waals surface area (Å²) in [5, 5.41) is 11.1. The van der Waals surface area contributed by atoms with E-state index in [4.69, 9.17) is 13.1 Å². The highest BCUT2D eigenvalue weighted by Crippen LogP contribution is 2.20. The Morgan fingerprint density at radius 2 is 1.86 bits per heavy atom. The van der Waals surface area contributed by atoms with E-state index in [1.807, 2.05) is 43.3 Å². The average Bonchev–Trinajstić information content (AvgIpc) is 2.53. The first-order valence-corrected chi connectivity index (χ1v) is 6.65. The van der Waals surface area contributed by atoms with Crippen molar-refractivity contribution in [3.05, 3.63) is 64.7 Å². The van der Waals surface area contributed by atoms with E-state index in [9.17, 15) is 9.59 Å². The number of carboxylic acid groups (broad SMARTS) is 1. The molecule has 2 N–H and O–H groups in total. The van der Waals surface area contributed by atoms with Crippen LogP contribution in [0.3, 0.4) is 0 Å². The summed E-state index contributed by atoms with van der Waals surface area (Å²) < 4.78 is 0. The number of hydrogen-bond acceptors (Lipinski definition) is 3. The van der Waals surface area contributed by atoms with Crippen molar-refractivity contribution >= 4 is 37.6 Å². The molecule has 2 rings (SSSR count). The minimum Gasteiger partial charge on any atom is -0.475 e. The number of Topliss-reactive ketones (excluding diaryl/α,β-unsaturated/α-hetero) is 1. The Hall–Kier alpha value is -2.82. The Labute approximate surface area is 129 Å². The van der Waals surface area contributed by atoms with Crippen LogP contribution in [0.4, 0.5) is 5.69 Å². The Bertz CT molecular complexity index is 753. The monoisotopic (exact) mass is 291 g/mol. The average molecular weight is 291 g/mol. The third kappa shape index (κ3) is 3.44. The molecule has 0 amide bonds. The van der Waals surface area contributed by atoms with Crippen LogP contribution < -0.4 is 5.23 Å². The maximum absolute atomic E-state index is 11.5. The van der Waals surface area contributed by atoms with Crippen molar-refractivity contribution in [2.24, 2.45) is 0 Å². The second-order valence-electron chi connectivity index (χ2n) is 4.77. The number of ketones is 1. The SMILES string of the molecule is [B]Nc1cc(/C=C/c2ccccc2C)ccc1C(=O)C(=O)O. The molecule has 2 aromatic carbocycles. The number of nitrogens with one attached hydrogen (secondary N) is 1. The van der Waals surface area contributed by atoms with Gasteiger partial charge < -0.3 is 10.3 Å². The zero-order chi connectivity index (χ0) is 16.1. The van der Waals surface area contributed by atoms with Crippen molar-refractivity contribution in [1.29, 1.82) is 0 Å². The fourth-order valence-corrected chi connectivity index (χ4v) is 2.06. The van der Waals surface area contributed by atoms with Gasteiger partial charge in [-0.15, -0.1) is 0 Å². The number of aryl methyl sites for hydroxylation is 1. The molecule has 0 aliphatic carbocycles. The van der Waals surface area contributed by atoms with Crippen LogP contribution in [0.5, 0.6) is 0 Å². The van der Waals surface area contributed by atoms with Gasteiger partial charge in [0.05, 0.1) is 5.56 Å². The molecule has 0 spiro atoms. The molecule has 0 saturated heterocycles. The first-order valence-electron chi connectivity index (χ1n) is 6.65. The molecule has 0 bridgehead atoms. The van der Waals surface area contributed by atoms with E-state index in [-0.39, 0.29) is 11.3 Å². The molecule has 0 aromatic heterocycles. The zero-order valence-electron chi connectivity index (χ0n) is 12.0. The quantitative estimate of drug-likeness (QED) is 0.385. The lowest BCUT2D eigenvalue weighted by molar-refractivity contribution is -0.131. The van der Waals surface area contributed by atoms with E-state index >= 15 is 0 Å². The molecule has 0 aliphatic rings. The van der Waals surface area contributed by atoms with Gasteiger partial charge in [0.15, 0.2) is 0 Å². The van der Waals surface area contributed by atoms with Gasteiger partial charge in [-0.05, 0) is 35.7 Å². The van der Waals surface area contributed by atoms with E-state index in [1.54, 1.807) is 12.1 Å². The van der Waals surface area contributed by atoms with Gasteiger partial charge in [0, 0.05) is 5.69 Å². The van der Waals surface area contributed by atoms with Crippen molar-refractivity contribution < 1.29 is 14.7 Å². The number of carbonyl (C=O) groups is 2. The second-order valence-corrected chi connectivity index (χ2v) is 4.77. The van der Waals surface area contributed by atoms with Gasteiger partial charge in [-0.1, -0.05) is 42.5 Å². The van der Waals surface area contributed by atoms with Gasteiger partial charge >= 0.3 is 5.97 Å². The molecule has 5 heteroatoms. The zero-order valence-corrected chi connectivity index (χ0v) is 12.0. The standard InChI is InChI=1S/C17H14BNO3/c1-11-4-2-3-5-13(11)8-6-12-7-9-14(15(10-12)19-18)16(20)17(21)22/h2-10,19H,1H3,(H,21,22)/b8-6+. The first kappa shape index (κ1) is 15.6. The van der Waals surface area contributed by atoms with Gasteiger partial charge in [0.1, 0.15) is 0 Å². The highest BCUT2D eigenvalue weighted by Gasteiger charge is 2.17. The summed E-state index contributed by atoms with van der Waals surface area (Å²) in [6.07, 6.45) is 3.82. The van der Waals surface area contributed by atoms with Crippen molar-refractivity contribution in [2.45, 2.75) is 6.92 Å². The smallest absolute Gasteiger partial charge is 0.377 e. The summed E-state index contributed by atoms with van der Waals surface area (Å²) in [6, 6.07) is 12.7. The van der Waals surface area contributed by atoms with Crippen LogP contribution in [0.25, 0.3) is 12.2 Å². The minimum absolute atomic E-state index is 0.0306. The molecular formula is C17H14BNO3.